The van der Waals surface area contributed by atoms with Gasteiger partial charge in [-0.1, -0.05) is 186 Å². The van der Waals surface area contributed by atoms with Gasteiger partial charge in [0, 0.05) is 22.5 Å². The Morgan fingerprint density at radius 2 is 1.18 bits per heavy atom. The summed E-state index contributed by atoms with van der Waals surface area (Å²) in [5.74, 6) is 1.40. The molecule has 4 heteroatoms. The molecule has 3 saturated carbocycles. The number of benzene rings is 1. The predicted molar refractivity (Wildman–Crippen MR) is 353 cm³/mol. The quantitative estimate of drug-likeness (QED) is 0.286. The molecule has 1 aromatic heterocycles. The standard InChI is InChI=1S/C79H107BN2O/c1-46-37-63-67-64(38-46)82(61-43-57-54(73(8,9)29-32-76(57,14)15)40-49(61)48-23-22-24-52-66(48)79(20,21)36-35-71(52,4)5)62-44-58-56(75(12,13)31-33-77(58,16)17)42-60(62)80(67)69-68(50-41-55-59(45-65(50)83-69)78(18,19)34-30-74(55,10)11)81(63)47-25-26-51-53(39-47)72(6,7)28-27-70(51,2)3/h24-26,38-42,45,51,53,58,61,63H,22-23,27-37,43-44H2,1-21H3. The maximum absolute atomic E-state index is 8.02. The number of fused-ring (bicyclic) bond motifs is 9. The van der Waals surface area contributed by atoms with Gasteiger partial charge in [-0.3, -0.25) is 0 Å². The monoisotopic (exact) mass is 1110 g/mol. The van der Waals surface area contributed by atoms with Crippen molar-refractivity contribution in [1.82, 2.24) is 4.90 Å². The van der Waals surface area contributed by atoms with Crippen LogP contribution in [0.3, 0.4) is 0 Å². The molecule has 0 N–H and O–H groups in total. The van der Waals surface area contributed by atoms with Gasteiger partial charge in [0.1, 0.15) is 5.58 Å². The minimum absolute atomic E-state index is 0.0164. The van der Waals surface area contributed by atoms with Crippen molar-refractivity contribution in [3.05, 3.63) is 138 Å². The third-order valence-electron chi connectivity index (χ3n) is 26.5. The highest BCUT2D eigenvalue weighted by Gasteiger charge is 2.59. The van der Waals surface area contributed by atoms with Crippen LogP contribution in [0.1, 0.15) is 253 Å². The summed E-state index contributed by atoms with van der Waals surface area (Å²) in [6, 6.07) is 5.52. The van der Waals surface area contributed by atoms with Crippen LogP contribution < -0.4 is 10.6 Å². The Kier molecular flexibility index (Phi) is 12.0. The van der Waals surface area contributed by atoms with Crippen LogP contribution in [-0.4, -0.2) is 23.7 Å². The Labute approximate surface area is 504 Å². The molecule has 0 amide bonds. The molecule has 5 unspecified atom stereocenters. The Balaban J connectivity index is 1.09. The number of furan rings is 1. The van der Waals surface area contributed by atoms with Crippen molar-refractivity contribution in [1.29, 1.82) is 0 Å². The molecule has 5 atom stereocenters. The smallest absolute Gasteiger partial charge is 0.292 e. The number of hydrogen-bond acceptors (Lipinski definition) is 3. The lowest BCUT2D eigenvalue weighted by molar-refractivity contribution is 0.0326. The van der Waals surface area contributed by atoms with E-state index in [1.807, 2.05) is 0 Å². The van der Waals surface area contributed by atoms with Crippen LogP contribution in [0.25, 0.3) is 11.0 Å². The summed E-state index contributed by atoms with van der Waals surface area (Å²) in [7, 11) is 0. The first-order chi connectivity index (χ1) is 38.5. The van der Waals surface area contributed by atoms with E-state index in [-0.39, 0.29) is 72.9 Å². The zero-order valence-corrected chi connectivity index (χ0v) is 56.1. The first-order valence-electron chi connectivity index (χ1n) is 33.8. The van der Waals surface area contributed by atoms with Crippen molar-refractivity contribution in [3.63, 3.8) is 0 Å². The number of rotatable bonds is 3. The van der Waals surface area contributed by atoms with E-state index in [0.717, 1.165) is 37.7 Å². The van der Waals surface area contributed by atoms with Crippen LogP contribution in [0.15, 0.2) is 132 Å². The second-order valence-corrected chi connectivity index (χ2v) is 36.6. The van der Waals surface area contributed by atoms with Crippen molar-refractivity contribution in [2.75, 3.05) is 4.90 Å². The Morgan fingerprint density at radius 3 is 1.89 bits per heavy atom. The molecule has 0 radical (unpaired) electrons. The molecule has 83 heavy (non-hydrogen) atoms. The largest absolute Gasteiger partial charge is 0.468 e. The Hall–Kier alpha value is -4.18. The van der Waals surface area contributed by atoms with E-state index in [2.05, 4.69) is 210 Å². The molecular formula is C79H107BN2O. The molecule has 0 spiro atoms. The van der Waals surface area contributed by atoms with Gasteiger partial charge in [0.15, 0.2) is 0 Å². The van der Waals surface area contributed by atoms with E-state index in [9.17, 15) is 0 Å². The van der Waals surface area contributed by atoms with Crippen LogP contribution in [0.4, 0.5) is 5.69 Å². The normalized spacial score (nSPS) is 33.0. The summed E-state index contributed by atoms with van der Waals surface area (Å²) in [5.41, 5.74) is 28.9. The second kappa shape index (κ2) is 17.5. The minimum Gasteiger partial charge on any atom is -0.468 e. The van der Waals surface area contributed by atoms with Crippen molar-refractivity contribution >= 4 is 29.0 Å². The van der Waals surface area contributed by atoms with Crippen LogP contribution in [0.2, 0.25) is 0 Å². The molecule has 10 aliphatic carbocycles. The van der Waals surface area contributed by atoms with Gasteiger partial charge < -0.3 is 14.2 Å². The van der Waals surface area contributed by atoms with Crippen molar-refractivity contribution in [2.45, 2.75) is 265 Å². The third kappa shape index (κ3) is 8.18. The SMILES string of the molecule is CC1=CC2=C3B(C4=C(CC5C(=C4)C(C)(C)CCC5(C)C)N2C2CC4=C(C=C2C2=C5C(=CCC2)C(C)(C)CCC5(C)C)C(C)(C)CCC4(C)C)c2oc4cc5c(cc4c2N(C2=CC4C(C=C2)C(C)(C)CCC4(C)C)C3C1)C(C)(C)CCC5(C)C. The number of anilines is 1. The Morgan fingerprint density at radius 1 is 0.566 bits per heavy atom. The summed E-state index contributed by atoms with van der Waals surface area (Å²) in [6.45, 7) is 54.0. The Bertz CT molecular complexity index is 3550. The fraction of sp³-hybridized carbons (Fsp3) is 0.646. The number of allylic oxidation sites excluding steroid dienone is 13. The molecule has 14 rings (SSSR count). The maximum atomic E-state index is 8.02. The molecule has 2 aliphatic heterocycles. The van der Waals surface area contributed by atoms with Gasteiger partial charge >= 0.3 is 0 Å². The molecule has 3 nitrogen and oxygen atoms in total. The zero-order valence-electron chi connectivity index (χ0n) is 56.1. The highest BCUT2D eigenvalue weighted by atomic mass is 16.3. The van der Waals surface area contributed by atoms with Gasteiger partial charge in [0.25, 0.3) is 6.71 Å². The molecule has 0 saturated heterocycles. The number of hydrogen-bond donors (Lipinski definition) is 0. The van der Waals surface area contributed by atoms with Crippen LogP contribution in [0.5, 0.6) is 0 Å². The van der Waals surface area contributed by atoms with E-state index >= 15 is 0 Å². The molecule has 1 aromatic carbocycles. The van der Waals surface area contributed by atoms with Crippen LogP contribution in [0, 0.1) is 61.1 Å². The van der Waals surface area contributed by atoms with Gasteiger partial charge in [-0.25, -0.2) is 0 Å². The first-order valence-corrected chi connectivity index (χ1v) is 33.8. The van der Waals surface area contributed by atoms with Crippen molar-refractivity contribution in [2.24, 2.45) is 61.1 Å². The lowest BCUT2D eigenvalue weighted by Gasteiger charge is -2.58. The molecule has 2 aromatic rings. The summed E-state index contributed by atoms with van der Waals surface area (Å²) >= 11 is 0. The summed E-state index contributed by atoms with van der Waals surface area (Å²) in [5, 5.41) is 1.33. The summed E-state index contributed by atoms with van der Waals surface area (Å²) in [4.78, 5) is 6.06. The molecule has 3 fully saturated rings. The lowest BCUT2D eigenvalue weighted by Crippen LogP contribution is -2.59. The van der Waals surface area contributed by atoms with Crippen LogP contribution >= 0.6 is 0 Å². The first kappa shape index (κ1) is 56.6. The molecule has 0 bridgehead atoms. The topological polar surface area (TPSA) is 19.6 Å². The van der Waals surface area contributed by atoms with E-state index in [1.54, 1.807) is 55.7 Å². The highest BCUT2D eigenvalue weighted by molar-refractivity contribution is 6.88. The fourth-order valence-electron chi connectivity index (χ4n) is 20.3. The molecule has 12 aliphatic rings. The van der Waals surface area contributed by atoms with Gasteiger partial charge in [-0.15, -0.1) is 0 Å². The maximum Gasteiger partial charge on any atom is 0.292 e. The van der Waals surface area contributed by atoms with Gasteiger partial charge in [0.2, 0.25) is 0 Å². The van der Waals surface area contributed by atoms with E-state index in [1.165, 1.54) is 109 Å². The average Bonchev–Trinajstić information content (AvgIpc) is 1.92. The zero-order chi connectivity index (χ0) is 59.3. The molecule has 442 valence electrons. The second-order valence-electron chi connectivity index (χ2n) is 36.6. The minimum atomic E-state index is 0.0164. The van der Waals surface area contributed by atoms with Crippen molar-refractivity contribution < 1.29 is 4.42 Å². The van der Waals surface area contributed by atoms with E-state index in [0.29, 0.717) is 17.8 Å². The fourth-order valence-corrected chi connectivity index (χ4v) is 20.3. The van der Waals surface area contributed by atoms with Crippen LogP contribution in [-0.2, 0) is 10.8 Å². The van der Waals surface area contributed by atoms with Gasteiger partial charge in [-0.2, -0.15) is 0 Å². The summed E-state index contributed by atoms with van der Waals surface area (Å²) in [6.07, 6.45) is 37.0. The average molecular weight is 1110 g/mol. The third-order valence-corrected chi connectivity index (χ3v) is 26.5. The van der Waals surface area contributed by atoms with Gasteiger partial charge in [-0.05, 0) is 249 Å². The van der Waals surface area contributed by atoms with E-state index in [4.69, 9.17) is 4.42 Å². The number of nitrogens with zero attached hydrogens (tertiary/aromatic N) is 2. The summed E-state index contributed by atoms with van der Waals surface area (Å²) < 4.78 is 8.02. The predicted octanol–water partition coefficient (Wildman–Crippen LogP) is 21.0. The van der Waals surface area contributed by atoms with E-state index < -0.39 is 0 Å². The van der Waals surface area contributed by atoms with Crippen molar-refractivity contribution in [3.8, 4) is 0 Å². The highest BCUT2D eigenvalue weighted by Crippen LogP contribution is 2.65. The molecular weight excluding hydrogens is 1000 g/mol. The lowest BCUT2D eigenvalue weighted by atomic mass is 9.31. The molecule has 3 heterocycles. The van der Waals surface area contributed by atoms with Gasteiger partial charge in [0.05, 0.1) is 23.4 Å².